The first kappa shape index (κ1) is 79.4. The quantitative estimate of drug-likeness (QED) is 0.0788. The highest BCUT2D eigenvalue weighted by molar-refractivity contribution is 6.33. The van der Waals surface area contributed by atoms with Crippen LogP contribution in [0.5, 0.6) is 0 Å². The number of hydrogen-bond acceptors (Lipinski definition) is 20. The third-order valence-electron chi connectivity index (χ3n) is 16.1. The lowest BCUT2D eigenvalue weighted by molar-refractivity contribution is 0.0186. The van der Waals surface area contributed by atoms with E-state index in [2.05, 4.69) is 44.9 Å². The normalized spacial score (nSPS) is 16.9. The second kappa shape index (κ2) is 35.6. The Kier molecular flexibility index (Phi) is 28.8. The molecule has 0 saturated carbocycles. The van der Waals surface area contributed by atoms with Crippen LogP contribution in [0.25, 0.3) is 0 Å². The van der Waals surface area contributed by atoms with Crippen molar-refractivity contribution in [3.05, 3.63) is 83.4 Å². The molecule has 3 amide bonds. The van der Waals surface area contributed by atoms with Gasteiger partial charge in [-0.1, -0.05) is 70.8 Å². The number of amides is 3. The highest BCUT2D eigenvalue weighted by atomic mass is 35.5. The van der Waals surface area contributed by atoms with Gasteiger partial charge in [-0.2, -0.15) is 0 Å². The van der Waals surface area contributed by atoms with Crippen molar-refractivity contribution in [2.24, 2.45) is 0 Å². The minimum Gasteiger partial charge on any atom is -0.461 e. The molecular weight excluding hydrogens is 1400 g/mol. The number of imidazole rings is 5. The maximum atomic E-state index is 12.3. The molecule has 0 aliphatic carbocycles. The van der Waals surface area contributed by atoms with Gasteiger partial charge in [-0.15, -0.1) is 12.4 Å². The summed E-state index contributed by atoms with van der Waals surface area (Å²) in [6, 6.07) is 0. The van der Waals surface area contributed by atoms with Gasteiger partial charge in [-0.3, -0.25) is 29.3 Å². The number of nitrogens with zero attached hydrogens (tertiary/aromatic N) is 15. The lowest BCUT2D eigenvalue weighted by atomic mass is 10.1. The van der Waals surface area contributed by atoms with E-state index < -0.39 is 34.8 Å². The molecule has 28 nitrogen and oxygen atoms in total. The van der Waals surface area contributed by atoms with Gasteiger partial charge in [0.2, 0.25) is 0 Å². The number of carbonyl (C=O) groups excluding carboxylic acids is 6. The fourth-order valence-electron chi connectivity index (χ4n) is 11.5. The average molecular weight is 1490 g/mol. The Labute approximate surface area is 604 Å². The zero-order valence-corrected chi connectivity index (χ0v) is 62.7. The van der Waals surface area contributed by atoms with Crippen molar-refractivity contribution in [1.29, 1.82) is 0 Å². The topological polar surface area (TPSA) is 278 Å². The van der Waals surface area contributed by atoms with E-state index in [1.165, 1.54) is 51.6 Å². The summed E-state index contributed by atoms with van der Waals surface area (Å²) in [7, 11) is 0. The van der Waals surface area contributed by atoms with Crippen molar-refractivity contribution in [2.75, 3.05) is 72.1 Å². The van der Waals surface area contributed by atoms with Crippen molar-refractivity contribution in [3.8, 4) is 0 Å². The van der Waals surface area contributed by atoms with Crippen LogP contribution in [0, 0.1) is 0 Å². The number of piperidine rings is 2. The van der Waals surface area contributed by atoms with Gasteiger partial charge in [-0.05, 0) is 128 Å². The van der Waals surface area contributed by atoms with Crippen LogP contribution in [0.3, 0.4) is 0 Å². The van der Waals surface area contributed by atoms with Crippen LogP contribution in [0.4, 0.5) is 14.4 Å². The van der Waals surface area contributed by atoms with Crippen LogP contribution >= 0.6 is 70.4 Å². The summed E-state index contributed by atoms with van der Waals surface area (Å²) >= 11 is 31.2. The molecule has 0 spiro atoms. The fraction of sp³-hybridized carbons (Fsp3) is 0.672. The molecule has 0 aromatic carbocycles. The molecule has 2 fully saturated rings. The van der Waals surface area contributed by atoms with Crippen LogP contribution in [0.15, 0.2) is 0 Å². The van der Waals surface area contributed by atoms with Gasteiger partial charge < -0.3 is 57.2 Å². The number of carbonyl (C=O) groups is 6. The van der Waals surface area contributed by atoms with E-state index in [9.17, 15) is 28.8 Å². The summed E-state index contributed by atoms with van der Waals surface area (Å²) < 4.78 is 35.4. The summed E-state index contributed by atoms with van der Waals surface area (Å²) in [6.45, 7) is 36.0. The number of halogens is 6. The summed E-state index contributed by atoms with van der Waals surface area (Å²) in [6.07, 6.45) is 7.34. The fourth-order valence-corrected chi connectivity index (χ4v) is 13.0. The van der Waals surface area contributed by atoms with E-state index in [0.717, 1.165) is 98.1 Å². The minimum absolute atomic E-state index is 0. The van der Waals surface area contributed by atoms with E-state index in [1.54, 1.807) is 37.7 Å². The first-order valence-electron chi connectivity index (χ1n) is 33.3. The Hall–Kier alpha value is -5.95. The maximum Gasteiger partial charge on any atom is 0.410 e. The van der Waals surface area contributed by atoms with Gasteiger partial charge in [-0.25, -0.2) is 48.9 Å². The molecule has 5 aromatic heterocycles. The van der Waals surface area contributed by atoms with Crippen LogP contribution < -0.4 is 10.6 Å². The SMILES string of the molecule is CC(C)(C)OC(=O)N1CCn2c(nc(C=O)c2Cl)C1.CC(C)(C)OC(=O)N1CCn2c(nc(CN3CCCCC3)c2Cl)C1.CCOC(=O)c1nc2n(c1Cl)CCN(C(=O)OC(C)(C)C)C2.CCOC(=O)c1nc2n(c1Cl)CCNC2.Cl.Clc1c(CN2CCCCC2)nc2n1CCNC2. The molecule has 5 aromatic rings. The first-order valence-corrected chi connectivity index (χ1v) is 35.2. The number of rotatable bonds is 9. The standard InChI is InChI=1S/C17H27ClN4O2.C14H20ClN3O4.C12H19ClN4.C12H16ClN3O3.C9H12ClN3O2.ClH/c1-17(2,3)24-16(23)21-9-10-22-14(12-21)19-13(15(22)18)11-20-7-5-4-6-8-20;1-5-21-12(19)10-11(15)18-7-6-17(8-9(18)16-10)13(20)22-14(2,3)4;13-12-10(9-16-5-2-1-3-6-16)15-11-8-14-4-7-17(11)12;1-12(2,3)19-11(18)15-4-5-16-9(6-15)14-8(7-17)10(16)13;1-2-15-9(14)7-8(10)13-4-3-11-5-6(13)12-7;/h4-12H2,1-3H3;5-8H2,1-4H3;14H,1-9H2;7H,4-6H2,1-3H3;11H,2-5H2,1H3;1H. The molecule has 7 aliphatic rings. The summed E-state index contributed by atoms with van der Waals surface area (Å²) in [5, 5.41) is 9.02. The predicted molar refractivity (Wildman–Crippen MR) is 372 cm³/mol. The van der Waals surface area contributed by atoms with Gasteiger partial charge in [0.1, 0.15) is 77.4 Å². The van der Waals surface area contributed by atoms with Crippen molar-refractivity contribution in [1.82, 2.24) is 82.9 Å². The molecule has 0 atom stereocenters. The molecule has 0 bridgehead atoms. The van der Waals surface area contributed by atoms with Crippen LogP contribution in [-0.2, 0) is 102 Å². The number of esters is 2. The number of hydrogen-bond donors (Lipinski definition) is 2. The zero-order chi connectivity index (χ0) is 70.5. The van der Waals surface area contributed by atoms with Crippen LogP contribution in [0.2, 0.25) is 25.8 Å². The van der Waals surface area contributed by atoms with Crippen molar-refractivity contribution >= 4 is 107 Å². The van der Waals surface area contributed by atoms with E-state index in [1.807, 2.05) is 71.4 Å². The Morgan fingerprint density at radius 1 is 0.429 bits per heavy atom. The minimum atomic E-state index is -0.558. The van der Waals surface area contributed by atoms with Crippen LogP contribution in [0.1, 0.15) is 187 Å². The molecule has 98 heavy (non-hydrogen) atoms. The monoisotopic (exact) mass is 1490 g/mol. The summed E-state index contributed by atoms with van der Waals surface area (Å²) in [5.74, 6) is 2.86. The second-order valence-corrected chi connectivity index (χ2v) is 28.9. The Morgan fingerprint density at radius 3 is 1.12 bits per heavy atom. The van der Waals surface area contributed by atoms with Gasteiger partial charge >= 0.3 is 30.2 Å². The van der Waals surface area contributed by atoms with E-state index in [-0.39, 0.29) is 60.0 Å². The molecular formula is C64H95Cl6N17O11. The molecule has 0 unspecified atom stereocenters. The molecule has 34 heteroatoms. The molecule has 12 heterocycles. The third kappa shape index (κ3) is 21.5. The highest BCUT2D eigenvalue weighted by Crippen LogP contribution is 2.30. The van der Waals surface area contributed by atoms with Crippen LogP contribution in [-0.4, -0.2) is 198 Å². The summed E-state index contributed by atoms with van der Waals surface area (Å²) in [5.41, 5.74) is 0.935. The largest absolute Gasteiger partial charge is 0.461 e. The highest BCUT2D eigenvalue weighted by Gasteiger charge is 2.34. The number of aldehydes is 1. The van der Waals surface area contributed by atoms with Crippen molar-refractivity contribution in [3.63, 3.8) is 0 Å². The second-order valence-electron chi connectivity index (χ2n) is 27.1. The maximum absolute atomic E-state index is 12.3. The Balaban J connectivity index is 0.000000173. The molecule has 544 valence electrons. The zero-order valence-electron chi connectivity index (χ0n) is 58.1. The number of aromatic nitrogens is 10. The average Bonchev–Trinajstić information content (AvgIpc) is 1.66. The Bertz CT molecular complexity index is 3560. The van der Waals surface area contributed by atoms with Crippen molar-refractivity contribution < 1.29 is 52.5 Å². The predicted octanol–water partition coefficient (Wildman–Crippen LogP) is 10.7. The van der Waals surface area contributed by atoms with Gasteiger partial charge in [0.05, 0.1) is 57.3 Å². The molecule has 12 rings (SSSR count). The summed E-state index contributed by atoms with van der Waals surface area (Å²) in [4.78, 5) is 102. The lowest BCUT2D eigenvalue weighted by Crippen LogP contribution is -2.41. The molecule has 0 radical (unpaired) electrons. The molecule has 7 aliphatic heterocycles. The van der Waals surface area contributed by atoms with E-state index in [4.69, 9.17) is 86.7 Å². The molecule has 2 saturated heterocycles. The Morgan fingerprint density at radius 2 is 0.755 bits per heavy atom. The number of ether oxygens (including phenoxy) is 5. The first-order chi connectivity index (χ1) is 46.0. The number of fused-ring (bicyclic) bond motifs is 5. The van der Waals surface area contributed by atoms with Gasteiger partial charge in [0.25, 0.3) is 0 Å². The number of likely N-dealkylation sites (tertiary alicyclic amines) is 2. The van der Waals surface area contributed by atoms with E-state index in [0.29, 0.717) is 93.8 Å². The van der Waals surface area contributed by atoms with E-state index >= 15 is 0 Å². The molecule has 2 N–H and O–H groups in total. The smallest absolute Gasteiger partial charge is 0.410 e. The number of nitrogens with one attached hydrogen (secondary N) is 2. The van der Waals surface area contributed by atoms with Gasteiger partial charge in [0, 0.05) is 78.5 Å². The third-order valence-corrected chi connectivity index (χ3v) is 18.1. The lowest BCUT2D eigenvalue weighted by Gasteiger charge is -2.30. The van der Waals surface area contributed by atoms with Gasteiger partial charge in [0.15, 0.2) is 17.7 Å². The van der Waals surface area contributed by atoms with Crippen molar-refractivity contribution in [2.45, 2.75) is 210 Å².